The molecule has 0 heterocycles. The Kier molecular flexibility index (Phi) is 8.07. The Morgan fingerprint density at radius 1 is 1.11 bits per heavy atom. The highest BCUT2D eigenvalue weighted by atomic mass is 28.2. The Morgan fingerprint density at radius 2 is 1.78 bits per heavy atom. The van der Waals surface area contributed by atoms with E-state index in [-0.39, 0.29) is 11.9 Å². The van der Waals surface area contributed by atoms with Crippen LogP contribution in [0.4, 0.5) is 0 Å². The molecule has 2 aromatic rings. The van der Waals surface area contributed by atoms with Gasteiger partial charge in [-0.15, -0.1) is 0 Å². The molecule has 2 aromatic carbocycles. The second-order valence-corrected chi connectivity index (χ2v) is 7.27. The largest absolute Gasteiger partial charge is 0.489 e. The fourth-order valence-corrected chi connectivity index (χ4v) is 3.32. The number of benzene rings is 2. The lowest BCUT2D eigenvalue weighted by molar-refractivity contribution is -0.162. The first-order valence-corrected chi connectivity index (χ1v) is 10.3. The molecule has 0 aromatic heterocycles. The number of carbonyl (C=O) groups is 1. The molecule has 0 bridgehead atoms. The Morgan fingerprint density at radius 3 is 2.37 bits per heavy atom. The van der Waals surface area contributed by atoms with Gasteiger partial charge in [0.15, 0.2) is 5.60 Å². The third-order valence-corrected chi connectivity index (χ3v) is 5.86. The second kappa shape index (κ2) is 10.3. The molecule has 0 aliphatic rings. The van der Waals surface area contributed by atoms with Crippen molar-refractivity contribution < 1.29 is 18.7 Å². The van der Waals surface area contributed by atoms with E-state index in [0.717, 1.165) is 29.7 Å². The number of hydrogen-bond acceptors (Lipinski definition) is 4. The van der Waals surface area contributed by atoms with Gasteiger partial charge in [-0.1, -0.05) is 62.7 Å². The number of carbonyl (C=O) groups excluding carboxylic acids is 1. The molecule has 0 fully saturated rings. The maximum atomic E-state index is 12.6. The molecule has 0 amide bonds. The lowest BCUT2D eigenvalue weighted by Gasteiger charge is -2.33. The molecule has 0 aliphatic carbocycles. The average molecular weight is 387 g/mol. The minimum atomic E-state index is -0.966. The van der Waals surface area contributed by atoms with Crippen LogP contribution in [0.2, 0.25) is 0 Å². The quantitative estimate of drug-likeness (QED) is 0.354. The lowest BCUT2D eigenvalue weighted by atomic mass is 9.85. The zero-order chi connectivity index (χ0) is 19.7. The van der Waals surface area contributed by atoms with Gasteiger partial charge in [0.2, 0.25) is 0 Å². The van der Waals surface area contributed by atoms with Crippen LogP contribution in [-0.2, 0) is 20.6 Å². The molecule has 0 radical (unpaired) electrons. The molecule has 0 spiro atoms. The van der Waals surface area contributed by atoms with Crippen LogP contribution in [0.1, 0.15) is 50.7 Å². The zero-order valence-corrected chi connectivity index (χ0v) is 18.7. The monoisotopic (exact) mass is 386 g/mol. The smallest absolute Gasteiger partial charge is 0.337 e. The summed E-state index contributed by atoms with van der Waals surface area (Å²) in [5.41, 5.74) is 1.18. The normalized spacial score (nSPS) is 14.3. The van der Waals surface area contributed by atoms with E-state index in [1.165, 1.54) is 0 Å². The Hall–Kier alpha value is -2.11. The van der Waals surface area contributed by atoms with Crippen molar-refractivity contribution in [3.05, 3.63) is 65.7 Å². The number of ether oxygens (including phenoxy) is 2. The van der Waals surface area contributed by atoms with Crippen molar-refractivity contribution in [3.63, 3.8) is 0 Å². The van der Waals surface area contributed by atoms with Gasteiger partial charge >= 0.3 is 5.97 Å². The molecule has 0 N–H and O–H groups in total. The van der Waals surface area contributed by atoms with Crippen molar-refractivity contribution >= 4 is 16.5 Å². The standard InChI is InChI=1S/C22H30O4Si/c1-4-5-15-24-21(23)22(3,26-27)17(2)19-11-13-20(14-12-19)25-16-18-9-7-6-8-10-18/h6-14,17H,4-5,15-16H2,1-3,27H3. The summed E-state index contributed by atoms with van der Waals surface area (Å²) in [6.07, 6.45) is 1.86. The molecular weight excluding hydrogens is 356 g/mol. The second-order valence-electron chi connectivity index (χ2n) is 6.87. The summed E-state index contributed by atoms with van der Waals surface area (Å²) in [7, 11) is 0.463. The van der Waals surface area contributed by atoms with Gasteiger partial charge in [0.1, 0.15) is 22.8 Å². The Bertz CT molecular complexity index is 702. The minimum absolute atomic E-state index is 0.118. The van der Waals surface area contributed by atoms with Crippen molar-refractivity contribution in [2.45, 2.75) is 51.7 Å². The molecule has 27 heavy (non-hydrogen) atoms. The predicted octanol–water partition coefficient (Wildman–Crippen LogP) is 3.77. The first-order chi connectivity index (χ1) is 13.0. The third-order valence-electron chi connectivity index (χ3n) is 5.02. The Labute approximate surface area is 165 Å². The highest BCUT2D eigenvalue weighted by Gasteiger charge is 2.40. The van der Waals surface area contributed by atoms with Crippen LogP contribution in [0.3, 0.4) is 0 Å². The fourth-order valence-electron chi connectivity index (χ4n) is 2.80. The van der Waals surface area contributed by atoms with E-state index in [0.29, 0.717) is 23.7 Å². The van der Waals surface area contributed by atoms with Gasteiger partial charge in [-0.2, -0.15) is 0 Å². The summed E-state index contributed by atoms with van der Waals surface area (Å²) in [6.45, 7) is 6.85. The van der Waals surface area contributed by atoms with Crippen LogP contribution in [0, 0.1) is 0 Å². The van der Waals surface area contributed by atoms with Gasteiger partial charge in [0.05, 0.1) is 6.61 Å². The van der Waals surface area contributed by atoms with E-state index in [2.05, 4.69) is 6.92 Å². The van der Waals surface area contributed by atoms with E-state index in [4.69, 9.17) is 13.9 Å². The third kappa shape index (κ3) is 5.68. The van der Waals surface area contributed by atoms with Crippen molar-refractivity contribution in [2.75, 3.05) is 6.61 Å². The summed E-state index contributed by atoms with van der Waals surface area (Å²) in [5.74, 6) is 0.393. The number of rotatable bonds is 10. The molecule has 5 heteroatoms. The Balaban J connectivity index is 2.01. The molecule has 0 aliphatic heterocycles. The maximum Gasteiger partial charge on any atom is 0.337 e. The summed E-state index contributed by atoms with van der Waals surface area (Å²) in [4.78, 5) is 12.6. The van der Waals surface area contributed by atoms with Gasteiger partial charge in [-0.05, 0) is 36.6 Å². The first-order valence-electron chi connectivity index (χ1n) is 9.50. The molecule has 146 valence electrons. The van der Waals surface area contributed by atoms with Gasteiger partial charge in [0.25, 0.3) is 0 Å². The molecule has 2 unspecified atom stereocenters. The fraction of sp³-hybridized carbons (Fsp3) is 0.409. The van der Waals surface area contributed by atoms with Crippen LogP contribution in [0.5, 0.6) is 5.75 Å². The van der Waals surface area contributed by atoms with Gasteiger partial charge in [0, 0.05) is 5.92 Å². The minimum Gasteiger partial charge on any atom is -0.489 e. The van der Waals surface area contributed by atoms with Gasteiger partial charge < -0.3 is 13.9 Å². The number of hydrogen-bond donors (Lipinski definition) is 0. The van der Waals surface area contributed by atoms with Crippen molar-refractivity contribution in [1.29, 1.82) is 0 Å². The van der Waals surface area contributed by atoms with Crippen molar-refractivity contribution in [3.8, 4) is 5.75 Å². The van der Waals surface area contributed by atoms with Gasteiger partial charge in [-0.3, -0.25) is 0 Å². The summed E-state index contributed by atoms with van der Waals surface area (Å²) < 4.78 is 17.0. The average Bonchev–Trinajstić information content (AvgIpc) is 2.72. The summed E-state index contributed by atoms with van der Waals surface area (Å²) in [5, 5.41) is 0. The topological polar surface area (TPSA) is 44.8 Å². The summed E-state index contributed by atoms with van der Waals surface area (Å²) >= 11 is 0. The highest BCUT2D eigenvalue weighted by molar-refractivity contribution is 6.00. The van der Waals surface area contributed by atoms with Crippen LogP contribution >= 0.6 is 0 Å². The van der Waals surface area contributed by atoms with Crippen LogP contribution in [-0.4, -0.2) is 28.7 Å². The van der Waals surface area contributed by atoms with Crippen molar-refractivity contribution in [2.24, 2.45) is 0 Å². The SMILES string of the molecule is CCCCOC(=O)C(C)(O[SiH3])C(C)c1ccc(OCc2ccccc2)cc1. The maximum absolute atomic E-state index is 12.6. The summed E-state index contributed by atoms with van der Waals surface area (Å²) in [6, 6.07) is 17.9. The zero-order valence-electron chi connectivity index (χ0n) is 16.7. The molecule has 0 saturated heterocycles. The molecule has 2 atom stereocenters. The van der Waals surface area contributed by atoms with Crippen molar-refractivity contribution in [1.82, 2.24) is 0 Å². The molecule has 4 nitrogen and oxygen atoms in total. The lowest BCUT2D eigenvalue weighted by Crippen LogP contribution is -2.44. The number of esters is 1. The van der Waals surface area contributed by atoms with E-state index in [9.17, 15) is 4.79 Å². The van der Waals surface area contributed by atoms with E-state index >= 15 is 0 Å². The number of unbranched alkanes of at least 4 members (excludes halogenated alkanes) is 1. The van der Waals surface area contributed by atoms with E-state index in [1.807, 2.05) is 68.4 Å². The van der Waals surface area contributed by atoms with E-state index < -0.39 is 5.60 Å². The van der Waals surface area contributed by atoms with E-state index in [1.54, 1.807) is 0 Å². The van der Waals surface area contributed by atoms with Crippen LogP contribution in [0.15, 0.2) is 54.6 Å². The molecule has 0 saturated carbocycles. The highest BCUT2D eigenvalue weighted by Crippen LogP contribution is 2.33. The molecule has 2 rings (SSSR count). The first kappa shape index (κ1) is 21.2. The molecular formula is C22H30O4Si. The van der Waals surface area contributed by atoms with Gasteiger partial charge in [-0.25, -0.2) is 4.79 Å². The predicted molar refractivity (Wildman–Crippen MR) is 111 cm³/mol. The van der Waals surface area contributed by atoms with Crippen LogP contribution < -0.4 is 4.74 Å². The van der Waals surface area contributed by atoms with Crippen LogP contribution in [0.25, 0.3) is 0 Å².